The monoisotopic (exact) mass is 223 g/mol. The van der Waals surface area contributed by atoms with Gasteiger partial charge in [-0.25, -0.2) is 4.79 Å². The van der Waals surface area contributed by atoms with Crippen molar-refractivity contribution in [1.29, 1.82) is 0 Å². The lowest BCUT2D eigenvalue weighted by molar-refractivity contribution is 0.0253. The van der Waals surface area contributed by atoms with Crippen LogP contribution in [0.1, 0.15) is 23.2 Å². The van der Waals surface area contributed by atoms with Crippen molar-refractivity contribution in [3.63, 3.8) is 0 Å². The van der Waals surface area contributed by atoms with E-state index >= 15 is 0 Å². The van der Waals surface area contributed by atoms with Crippen LogP contribution in [0, 0.1) is 0 Å². The standard InChI is InChI=1S/C11H13NO4/c13-11(14)8-5-10(7-12-6-8)16-9-1-3-15-4-2-9/h5-7,9H,1-4H2,(H,13,14). The molecule has 1 aliphatic rings. The Morgan fingerprint density at radius 3 is 2.88 bits per heavy atom. The number of carboxylic acids is 1. The van der Waals surface area contributed by atoms with Crippen LogP contribution in [0.3, 0.4) is 0 Å². The molecule has 0 unspecified atom stereocenters. The zero-order chi connectivity index (χ0) is 11.4. The van der Waals surface area contributed by atoms with E-state index in [1.165, 1.54) is 18.5 Å². The van der Waals surface area contributed by atoms with Gasteiger partial charge in [-0.15, -0.1) is 0 Å². The molecule has 5 heteroatoms. The third kappa shape index (κ3) is 2.70. The molecule has 0 amide bonds. The molecule has 1 saturated heterocycles. The molecule has 0 saturated carbocycles. The van der Waals surface area contributed by atoms with Crippen molar-refractivity contribution in [3.05, 3.63) is 24.0 Å². The second kappa shape index (κ2) is 4.94. The second-order valence-corrected chi connectivity index (χ2v) is 3.64. The molecular formula is C11H13NO4. The highest BCUT2D eigenvalue weighted by atomic mass is 16.5. The Morgan fingerprint density at radius 2 is 2.19 bits per heavy atom. The number of aromatic carboxylic acids is 1. The lowest BCUT2D eigenvalue weighted by atomic mass is 10.1. The largest absolute Gasteiger partial charge is 0.489 e. The first-order valence-corrected chi connectivity index (χ1v) is 5.18. The molecule has 16 heavy (non-hydrogen) atoms. The van der Waals surface area contributed by atoms with Crippen LogP contribution in [0.15, 0.2) is 18.5 Å². The van der Waals surface area contributed by atoms with E-state index in [4.69, 9.17) is 14.6 Å². The molecule has 0 aliphatic carbocycles. The van der Waals surface area contributed by atoms with Gasteiger partial charge in [-0.3, -0.25) is 4.98 Å². The summed E-state index contributed by atoms with van der Waals surface area (Å²) >= 11 is 0. The topological polar surface area (TPSA) is 68.7 Å². The normalized spacial score (nSPS) is 17.0. The van der Waals surface area contributed by atoms with E-state index < -0.39 is 5.97 Å². The molecule has 1 aliphatic heterocycles. The summed E-state index contributed by atoms with van der Waals surface area (Å²) in [6, 6.07) is 1.49. The Kier molecular flexibility index (Phi) is 3.36. The van der Waals surface area contributed by atoms with Gasteiger partial charge in [0.05, 0.1) is 25.0 Å². The number of ether oxygens (including phenoxy) is 2. The van der Waals surface area contributed by atoms with Gasteiger partial charge in [-0.05, 0) is 6.07 Å². The first kappa shape index (κ1) is 10.9. The fourth-order valence-corrected chi connectivity index (χ4v) is 1.59. The molecule has 1 N–H and O–H groups in total. The van der Waals surface area contributed by atoms with Gasteiger partial charge >= 0.3 is 5.97 Å². The molecule has 2 heterocycles. The number of aromatic nitrogens is 1. The molecule has 86 valence electrons. The maximum Gasteiger partial charge on any atom is 0.337 e. The molecule has 0 spiro atoms. The van der Waals surface area contributed by atoms with Gasteiger partial charge in [-0.2, -0.15) is 0 Å². The van der Waals surface area contributed by atoms with E-state index in [0.29, 0.717) is 19.0 Å². The van der Waals surface area contributed by atoms with Gasteiger partial charge in [0.15, 0.2) is 0 Å². The minimum absolute atomic E-state index is 0.0968. The highest BCUT2D eigenvalue weighted by molar-refractivity contribution is 5.87. The average Bonchev–Trinajstić information content (AvgIpc) is 2.30. The van der Waals surface area contributed by atoms with Crippen molar-refractivity contribution in [2.45, 2.75) is 18.9 Å². The number of pyridine rings is 1. The summed E-state index contributed by atoms with van der Waals surface area (Å²) in [6.45, 7) is 1.38. The Balaban J connectivity index is 2.02. The zero-order valence-corrected chi connectivity index (χ0v) is 8.76. The number of rotatable bonds is 3. The van der Waals surface area contributed by atoms with Crippen molar-refractivity contribution in [1.82, 2.24) is 4.98 Å². The van der Waals surface area contributed by atoms with Gasteiger partial charge < -0.3 is 14.6 Å². The minimum Gasteiger partial charge on any atom is -0.489 e. The zero-order valence-electron chi connectivity index (χ0n) is 8.76. The Morgan fingerprint density at radius 1 is 1.44 bits per heavy atom. The van der Waals surface area contributed by atoms with Gasteiger partial charge in [0, 0.05) is 19.0 Å². The lowest BCUT2D eigenvalue weighted by Gasteiger charge is -2.23. The molecule has 0 radical (unpaired) electrons. The number of nitrogens with zero attached hydrogens (tertiary/aromatic N) is 1. The summed E-state index contributed by atoms with van der Waals surface area (Å²) in [4.78, 5) is 14.6. The fourth-order valence-electron chi connectivity index (χ4n) is 1.59. The molecule has 1 fully saturated rings. The number of hydrogen-bond acceptors (Lipinski definition) is 4. The molecule has 0 aromatic carbocycles. The van der Waals surface area contributed by atoms with Gasteiger partial charge in [0.2, 0.25) is 0 Å². The van der Waals surface area contributed by atoms with Gasteiger partial charge in [-0.1, -0.05) is 0 Å². The first-order valence-electron chi connectivity index (χ1n) is 5.18. The third-order valence-electron chi connectivity index (χ3n) is 2.43. The van der Waals surface area contributed by atoms with Crippen molar-refractivity contribution in [3.8, 4) is 5.75 Å². The molecule has 0 atom stereocenters. The Labute approximate surface area is 93.0 Å². The van der Waals surface area contributed by atoms with E-state index in [-0.39, 0.29) is 11.7 Å². The summed E-state index contributed by atoms with van der Waals surface area (Å²) in [5.74, 6) is -0.489. The predicted molar refractivity (Wildman–Crippen MR) is 55.7 cm³/mol. The summed E-state index contributed by atoms with van der Waals surface area (Å²) in [5.41, 5.74) is 0.143. The van der Waals surface area contributed by atoms with E-state index in [0.717, 1.165) is 12.8 Å². The molecule has 5 nitrogen and oxygen atoms in total. The van der Waals surface area contributed by atoms with Crippen LogP contribution in [0.2, 0.25) is 0 Å². The Hall–Kier alpha value is -1.62. The van der Waals surface area contributed by atoms with Crippen LogP contribution >= 0.6 is 0 Å². The number of carboxylic acid groups (broad SMARTS) is 1. The maximum atomic E-state index is 10.7. The molecule has 2 rings (SSSR count). The van der Waals surface area contributed by atoms with Gasteiger partial charge in [0.25, 0.3) is 0 Å². The molecular weight excluding hydrogens is 210 g/mol. The highest BCUT2D eigenvalue weighted by Crippen LogP contribution is 2.17. The fraction of sp³-hybridized carbons (Fsp3) is 0.455. The molecule has 0 bridgehead atoms. The highest BCUT2D eigenvalue weighted by Gasteiger charge is 2.16. The quantitative estimate of drug-likeness (QED) is 0.837. The third-order valence-corrected chi connectivity index (χ3v) is 2.43. The van der Waals surface area contributed by atoms with E-state index in [1.54, 1.807) is 0 Å². The Bertz CT molecular complexity index is 374. The summed E-state index contributed by atoms with van der Waals surface area (Å²) in [7, 11) is 0. The molecule has 1 aromatic heterocycles. The lowest BCUT2D eigenvalue weighted by Crippen LogP contribution is -2.26. The van der Waals surface area contributed by atoms with Crippen LogP contribution in [-0.2, 0) is 4.74 Å². The van der Waals surface area contributed by atoms with Crippen molar-refractivity contribution < 1.29 is 19.4 Å². The maximum absolute atomic E-state index is 10.7. The minimum atomic E-state index is -0.995. The number of hydrogen-bond donors (Lipinski definition) is 1. The van der Waals surface area contributed by atoms with Gasteiger partial charge in [0.1, 0.15) is 11.9 Å². The SMILES string of the molecule is O=C(O)c1cncc(OC2CCOCC2)c1. The number of carbonyl (C=O) groups is 1. The van der Waals surface area contributed by atoms with Crippen LogP contribution in [0.5, 0.6) is 5.75 Å². The van der Waals surface area contributed by atoms with Crippen molar-refractivity contribution in [2.24, 2.45) is 0 Å². The van der Waals surface area contributed by atoms with E-state index in [9.17, 15) is 4.79 Å². The average molecular weight is 223 g/mol. The summed E-state index contributed by atoms with van der Waals surface area (Å²) in [5, 5.41) is 8.80. The van der Waals surface area contributed by atoms with Crippen LogP contribution in [-0.4, -0.2) is 35.4 Å². The van der Waals surface area contributed by atoms with Crippen molar-refractivity contribution >= 4 is 5.97 Å². The van der Waals surface area contributed by atoms with E-state index in [2.05, 4.69) is 4.98 Å². The first-order chi connectivity index (χ1) is 7.75. The summed E-state index contributed by atoms with van der Waals surface area (Å²) in [6.07, 6.45) is 4.59. The second-order valence-electron chi connectivity index (χ2n) is 3.64. The van der Waals surface area contributed by atoms with Crippen LogP contribution < -0.4 is 4.74 Å². The van der Waals surface area contributed by atoms with Crippen LogP contribution in [0.25, 0.3) is 0 Å². The van der Waals surface area contributed by atoms with Crippen LogP contribution in [0.4, 0.5) is 0 Å². The predicted octanol–water partition coefficient (Wildman–Crippen LogP) is 1.34. The van der Waals surface area contributed by atoms with Crippen molar-refractivity contribution in [2.75, 3.05) is 13.2 Å². The summed E-state index contributed by atoms with van der Waals surface area (Å²) < 4.78 is 10.8. The molecule has 1 aromatic rings. The smallest absolute Gasteiger partial charge is 0.337 e. The van der Waals surface area contributed by atoms with E-state index in [1.807, 2.05) is 0 Å².